The van der Waals surface area contributed by atoms with Crippen molar-refractivity contribution in [3.05, 3.63) is 124 Å². The molecule has 0 spiro atoms. The maximum Gasteiger partial charge on any atom is 0.230 e. The number of aliphatic hydroxyl groups excluding tert-OH is 5. The Morgan fingerprint density at radius 3 is 2.55 bits per heavy atom. The summed E-state index contributed by atoms with van der Waals surface area (Å²) < 4.78 is 12.1. The molecule has 0 radical (unpaired) electrons. The van der Waals surface area contributed by atoms with Crippen LogP contribution in [0.25, 0.3) is 0 Å². The average Bonchev–Trinajstić information content (AvgIpc) is 3.09. The molecule has 2 heterocycles. The molecular formula is C37H38N2O10. The first-order valence-corrected chi connectivity index (χ1v) is 16.1. The number of carbonyl (C=O) groups excluding carboxylic acids is 2. The number of benzene rings is 2. The van der Waals surface area contributed by atoms with Gasteiger partial charge in [0.15, 0.2) is 11.6 Å². The summed E-state index contributed by atoms with van der Waals surface area (Å²) in [5.74, 6) is -4.03. The number of allylic oxidation sites excluding steroid dienone is 6. The van der Waals surface area contributed by atoms with Gasteiger partial charge in [0.1, 0.15) is 34.9 Å². The SMILES string of the molecule is NC1=CC(C[C@@H]2C=C[C@]3(CO)O[C@@H](Oc4cccc5c4C(=O)[C@@H]4C(O)=CC(Cc6cccc(CO)c6)=C[C@@H]4C5=O)[C@H](O)[C@@]2(O)[C@@H]3O)=CCN1. The molecule has 2 bridgehead atoms. The fourth-order valence-electron chi connectivity index (χ4n) is 7.70. The maximum absolute atomic E-state index is 14.1. The third-order valence-electron chi connectivity index (χ3n) is 10.2. The van der Waals surface area contributed by atoms with Crippen molar-refractivity contribution in [2.45, 2.75) is 49.1 Å². The van der Waals surface area contributed by atoms with Crippen molar-refractivity contribution < 1.29 is 49.7 Å². The zero-order chi connectivity index (χ0) is 34.7. The van der Waals surface area contributed by atoms with Gasteiger partial charge in [0.25, 0.3) is 0 Å². The fourth-order valence-corrected chi connectivity index (χ4v) is 7.70. The number of nitrogens with one attached hydrogen (secondary N) is 1. The highest BCUT2D eigenvalue weighted by Crippen LogP contribution is 2.49. The van der Waals surface area contributed by atoms with Crippen molar-refractivity contribution in [3.63, 3.8) is 0 Å². The Kier molecular flexibility index (Phi) is 8.34. The van der Waals surface area contributed by atoms with E-state index in [1.54, 1.807) is 24.3 Å². The van der Waals surface area contributed by atoms with Crippen LogP contribution in [-0.2, 0) is 17.8 Å². The minimum atomic E-state index is -2.27. The maximum atomic E-state index is 14.1. The van der Waals surface area contributed by atoms with Gasteiger partial charge >= 0.3 is 0 Å². The summed E-state index contributed by atoms with van der Waals surface area (Å²) in [5, 5.41) is 68.9. The van der Waals surface area contributed by atoms with E-state index >= 15 is 0 Å². The van der Waals surface area contributed by atoms with Crippen LogP contribution in [0.4, 0.5) is 0 Å². The van der Waals surface area contributed by atoms with Crippen LogP contribution in [0.3, 0.4) is 0 Å². The number of ether oxygens (including phenoxy) is 2. The van der Waals surface area contributed by atoms with Crippen LogP contribution < -0.4 is 15.8 Å². The van der Waals surface area contributed by atoms with Crippen molar-refractivity contribution in [2.75, 3.05) is 13.2 Å². The van der Waals surface area contributed by atoms with Gasteiger partial charge in [-0.25, -0.2) is 0 Å². The molecule has 256 valence electrons. The molecule has 12 heteroatoms. The molecule has 1 saturated heterocycles. The van der Waals surface area contributed by atoms with E-state index in [4.69, 9.17) is 15.2 Å². The van der Waals surface area contributed by atoms with Gasteiger partial charge in [0.05, 0.1) is 36.4 Å². The molecular weight excluding hydrogens is 632 g/mol. The van der Waals surface area contributed by atoms with Crippen LogP contribution in [-0.4, -0.2) is 85.1 Å². The Morgan fingerprint density at radius 1 is 1.02 bits per heavy atom. The van der Waals surface area contributed by atoms with E-state index in [0.717, 1.165) is 16.7 Å². The molecule has 12 nitrogen and oxygen atoms in total. The number of hydrogen-bond acceptors (Lipinski definition) is 12. The third kappa shape index (κ3) is 5.41. The van der Waals surface area contributed by atoms with Crippen molar-refractivity contribution in [2.24, 2.45) is 23.5 Å². The van der Waals surface area contributed by atoms with E-state index in [9.17, 15) is 40.2 Å². The predicted octanol–water partition coefficient (Wildman–Crippen LogP) is 1.24. The highest BCUT2D eigenvalue weighted by atomic mass is 16.7. The first-order chi connectivity index (χ1) is 23.5. The van der Waals surface area contributed by atoms with Crippen molar-refractivity contribution in [3.8, 4) is 5.75 Å². The van der Waals surface area contributed by atoms with Gasteiger partial charge in [-0.15, -0.1) is 0 Å². The van der Waals surface area contributed by atoms with Gasteiger partial charge in [-0.05, 0) is 53.3 Å². The van der Waals surface area contributed by atoms with Crippen LogP contribution in [0.1, 0.15) is 38.3 Å². The summed E-state index contributed by atoms with van der Waals surface area (Å²) in [6.45, 7) is -0.435. The van der Waals surface area contributed by atoms with Crippen LogP contribution >= 0.6 is 0 Å². The number of carbonyl (C=O) groups is 2. The average molecular weight is 671 g/mol. The number of rotatable bonds is 8. The van der Waals surface area contributed by atoms with Crippen molar-refractivity contribution in [1.29, 1.82) is 0 Å². The number of ketones is 2. The number of aliphatic hydroxyl groups is 6. The Bertz CT molecular complexity index is 1860. The van der Waals surface area contributed by atoms with Gasteiger partial charge in [0.2, 0.25) is 6.29 Å². The predicted molar refractivity (Wildman–Crippen MR) is 175 cm³/mol. The number of fused-ring (bicyclic) bond motifs is 4. The summed E-state index contributed by atoms with van der Waals surface area (Å²) in [5.41, 5.74) is 4.71. The standard InChI is InChI=1S/C37H38N2O10/c38-28-16-20(8-10-39-28)13-23-7-9-36(18-41)35(46)37(23,47)33(45)34(49-36)48-27-6-2-5-24-30(27)32(44)29-25(31(24)43)14-22(15-26(29)42)12-19-3-1-4-21(11-19)17-40/h1-9,11,14-16,23,25,29,33-35,39-42,45-47H,10,12-13,17-18,38H2/t23-,25-,29-,33-,34+,35+,36+,37+/m0/s1. The second-order valence-electron chi connectivity index (χ2n) is 13.3. The fraction of sp³-hybridized carbons (Fsp3) is 0.351. The summed E-state index contributed by atoms with van der Waals surface area (Å²) in [7, 11) is 0. The number of Topliss-reactive ketones (excluding diaryl/α,β-unsaturated/α-hetero) is 2. The van der Waals surface area contributed by atoms with Gasteiger partial charge in [-0.3, -0.25) is 9.59 Å². The number of dihydropyridines is 1. The molecule has 0 unspecified atom stereocenters. The van der Waals surface area contributed by atoms with E-state index in [1.165, 1.54) is 30.4 Å². The molecule has 8 atom stereocenters. The summed E-state index contributed by atoms with van der Waals surface area (Å²) in [6.07, 6.45) is 4.92. The Hall–Kier alpha value is -4.56. The van der Waals surface area contributed by atoms with Crippen LogP contribution in [0.15, 0.2) is 102 Å². The first-order valence-electron chi connectivity index (χ1n) is 16.1. The molecule has 0 aromatic heterocycles. The summed E-state index contributed by atoms with van der Waals surface area (Å²) in [4.78, 5) is 28.0. The smallest absolute Gasteiger partial charge is 0.230 e. The summed E-state index contributed by atoms with van der Waals surface area (Å²) >= 11 is 0. The molecule has 2 aromatic carbocycles. The molecule has 49 heavy (non-hydrogen) atoms. The summed E-state index contributed by atoms with van der Waals surface area (Å²) in [6, 6.07) is 11.7. The normalized spacial score (nSPS) is 33.3. The highest BCUT2D eigenvalue weighted by Gasteiger charge is 2.66. The van der Waals surface area contributed by atoms with Crippen LogP contribution in [0.2, 0.25) is 0 Å². The van der Waals surface area contributed by atoms with Gasteiger partial charge in [-0.2, -0.15) is 0 Å². The van der Waals surface area contributed by atoms with Crippen LogP contribution in [0.5, 0.6) is 5.75 Å². The van der Waals surface area contributed by atoms with E-state index in [-0.39, 0.29) is 35.7 Å². The minimum absolute atomic E-state index is 0.0532. The number of nitrogens with two attached hydrogens (primary N) is 1. The van der Waals surface area contributed by atoms with Gasteiger partial charge in [0, 0.05) is 18.0 Å². The Morgan fingerprint density at radius 2 is 1.80 bits per heavy atom. The molecule has 7 rings (SSSR count). The Labute approximate surface area is 281 Å². The van der Waals surface area contributed by atoms with E-state index in [1.807, 2.05) is 24.3 Å². The number of hydrogen-bond donors (Lipinski definition) is 8. The molecule has 3 aliphatic carbocycles. The monoisotopic (exact) mass is 670 g/mol. The van der Waals surface area contributed by atoms with Crippen molar-refractivity contribution in [1.82, 2.24) is 5.32 Å². The lowest BCUT2D eigenvalue weighted by Crippen LogP contribution is -2.76. The quantitative estimate of drug-likeness (QED) is 0.187. The molecule has 9 N–H and O–H groups in total. The van der Waals surface area contributed by atoms with Crippen LogP contribution in [0, 0.1) is 17.8 Å². The largest absolute Gasteiger partial charge is 0.511 e. The molecule has 1 fully saturated rings. The van der Waals surface area contributed by atoms with Gasteiger partial charge in [-0.1, -0.05) is 60.7 Å². The molecule has 5 aliphatic rings. The lowest BCUT2D eigenvalue weighted by molar-refractivity contribution is -0.349. The van der Waals surface area contributed by atoms with Gasteiger partial charge < -0.3 is 51.2 Å². The highest BCUT2D eigenvalue weighted by molar-refractivity contribution is 6.19. The minimum Gasteiger partial charge on any atom is -0.511 e. The van der Waals surface area contributed by atoms with Crippen molar-refractivity contribution >= 4 is 11.6 Å². The van der Waals surface area contributed by atoms with E-state index in [2.05, 4.69) is 5.32 Å². The zero-order valence-electron chi connectivity index (χ0n) is 26.4. The molecule has 2 aliphatic heterocycles. The molecule has 2 aromatic rings. The first kappa shape index (κ1) is 33.0. The molecule has 0 amide bonds. The van der Waals surface area contributed by atoms with E-state index in [0.29, 0.717) is 24.4 Å². The Balaban J connectivity index is 1.19. The van der Waals surface area contributed by atoms with E-state index < -0.39 is 65.6 Å². The lowest BCUT2D eigenvalue weighted by Gasteiger charge is -2.57. The third-order valence-corrected chi connectivity index (χ3v) is 10.2. The molecule has 0 saturated carbocycles. The second-order valence-corrected chi connectivity index (χ2v) is 13.3. The second kappa shape index (κ2) is 12.4. The topological polar surface area (TPSA) is 212 Å². The zero-order valence-corrected chi connectivity index (χ0v) is 26.4. The lowest BCUT2D eigenvalue weighted by atomic mass is 9.64.